The molecule has 0 rings (SSSR count). The standard InChI is InChI=1S/C2H4O2.2H2O/c1-2(3)4;;/h1H3,(H,3,4);2*1H2/p-1. The molecule has 0 spiro atoms. The Bertz CT molecular complexity index is 28.5. The highest BCUT2D eigenvalue weighted by molar-refractivity contribution is 5.60. The lowest BCUT2D eigenvalue weighted by Crippen LogP contribution is -2.16. The Labute approximate surface area is 35.0 Å². The molecule has 0 aromatic carbocycles. The molecule has 4 N–H and O–H groups in total. The number of carboxylic acid groups (broad SMARTS) is 1. The molecule has 0 unspecified atom stereocenters. The summed E-state index contributed by atoms with van der Waals surface area (Å²) in [4.78, 5) is 8.89. The number of carboxylic acids is 1. The lowest BCUT2D eigenvalue weighted by Gasteiger charge is -1.77. The van der Waals surface area contributed by atoms with Gasteiger partial charge in [-0.15, -0.1) is 0 Å². The van der Waals surface area contributed by atoms with Crippen molar-refractivity contribution in [3.63, 3.8) is 0 Å². The van der Waals surface area contributed by atoms with Crippen molar-refractivity contribution in [2.75, 3.05) is 0 Å². The highest BCUT2D eigenvalue weighted by Crippen LogP contribution is 1.31. The van der Waals surface area contributed by atoms with Gasteiger partial charge in [-0.1, -0.05) is 0 Å². The number of carbonyl (C=O) groups excluding carboxylic acids is 1. The van der Waals surface area contributed by atoms with E-state index < -0.39 is 5.97 Å². The average molecular weight is 95.1 g/mol. The minimum atomic E-state index is -1.08. The first-order valence-electron chi connectivity index (χ1n) is 0.908. The predicted molar refractivity (Wildman–Crippen MR) is 17.9 cm³/mol. The van der Waals surface area contributed by atoms with E-state index in [9.17, 15) is 0 Å². The smallest absolute Gasteiger partial charge is 0.0383 e. The van der Waals surface area contributed by atoms with E-state index in [1.165, 1.54) is 0 Å². The van der Waals surface area contributed by atoms with Gasteiger partial charge in [0.25, 0.3) is 0 Å². The van der Waals surface area contributed by atoms with Crippen LogP contribution in [0.25, 0.3) is 0 Å². The number of hydrogen-bond donors (Lipinski definition) is 0. The zero-order chi connectivity index (χ0) is 3.58. The third-order valence-corrected chi connectivity index (χ3v) is 0. The molecule has 0 bridgehead atoms. The number of hydrogen-bond acceptors (Lipinski definition) is 2. The fraction of sp³-hybridized carbons (Fsp3) is 0.500. The van der Waals surface area contributed by atoms with Gasteiger partial charge in [-0.2, -0.15) is 0 Å². The Hall–Kier alpha value is -0.610. The summed E-state index contributed by atoms with van der Waals surface area (Å²) in [5.74, 6) is -1.08. The molecule has 0 aromatic rings. The summed E-state index contributed by atoms with van der Waals surface area (Å²) in [6, 6.07) is 0. The van der Waals surface area contributed by atoms with Crippen molar-refractivity contribution < 1.29 is 20.9 Å². The number of carbonyl (C=O) groups is 1. The zero-order valence-electron chi connectivity index (χ0n) is 3.32. The normalized spacial score (nSPS) is 4.17. The van der Waals surface area contributed by atoms with E-state index >= 15 is 0 Å². The van der Waals surface area contributed by atoms with Crippen LogP contribution in [0.3, 0.4) is 0 Å². The molecule has 0 aromatic heterocycles. The van der Waals surface area contributed by atoms with Crippen LogP contribution in [-0.2, 0) is 4.79 Å². The van der Waals surface area contributed by atoms with E-state index in [-0.39, 0.29) is 11.0 Å². The maximum absolute atomic E-state index is 8.89. The molecule has 0 saturated heterocycles. The zero-order valence-corrected chi connectivity index (χ0v) is 3.32. The molecule has 0 aliphatic rings. The summed E-state index contributed by atoms with van der Waals surface area (Å²) in [6.07, 6.45) is 0. The molecule has 0 heterocycles. The highest BCUT2D eigenvalue weighted by Gasteiger charge is 1.46. The summed E-state index contributed by atoms with van der Waals surface area (Å²) in [5.41, 5.74) is 0. The Balaban J connectivity index is -0.0000000450. The van der Waals surface area contributed by atoms with Gasteiger partial charge in [0.05, 0.1) is 0 Å². The summed E-state index contributed by atoms with van der Waals surface area (Å²) < 4.78 is 0. The van der Waals surface area contributed by atoms with Crippen LogP contribution in [0.15, 0.2) is 0 Å². The Morgan fingerprint density at radius 1 is 1.50 bits per heavy atom. The molecule has 4 nitrogen and oxygen atoms in total. The Morgan fingerprint density at radius 2 is 1.50 bits per heavy atom. The van der Waals surface area contributed by atoms with Crippen LogP contribution in [0.4, 0.5) is 0 Å². The monoisotopic (exact) mass is 95.0 g/mol. The molecule has 0 aliphatic carbocycles. The van der Waals surface area contributed by atoms with E-state index in [1.807, 2.05) is 0 Å². The molecule has 0 saturated carbocycles. The fourth-order valence-electron chi connectivity index (χ4n) is 0. The van der Waals surface area contributed by atoms with Crippen LogP contribution < -0.4 is 5.11 Å². The SMILES string of the molecule is CC(=O)[O-].O.O. The van der Waals surface area contributed by atoms with E-state index in [4.69, 9.17) is 9.90 Å². The Morgan fingerprint density at radius 3 is 1.50 bits per heavy atom. The third-order valence-electron chi connectivity index (χ3n) is 0. The van der Waals surface area contributed by atoms with Crippen LogP contribution in [0.5, 0.6) is 0 Å². The lowest BCUT2D eigenvalue weighted by atomic mass is 10.9. The van der Waals surface area contributed by atoms with Gasteiger partial charge in [0, 0.05) is 5.97 Å². The summed E-state index contributed by atoms with van der Waals surface area (Å²) >= 11 is 0. The quantitative estimate of drug-likeness (QED) is 0.322. The second-order valence-electron chi connectivity index (χ2n) is 0.492. The molecule has 0 aliphatic heterocycles. The van der Waals surface area contributed by atoms with E-state index in [1.54, 1.807) is 0 Å². The molecule has 40 valence electrons. The first kappa shape index (κ1) is 18.2. The summed E-state index contributed by atoms with van der Waals surface area (Å²) in [6.45, 7) is 0.972. The van der Waals surface area contributed by atoms with Gasteiger partial charge in [-0.3, -0.25) is 0 Å². The van der Waals surface area contributed by atoms with Crippen LogP contribution in [0.2, 0.25) is 0 Å². The topological polar surface area (TPSA) is 103 Å². The molecule has 4 heteroatoms. The van der Waals surface area contributed by atoms with E-state index in [0.717, 1.165) is 6.92 Å². The third kappa shape index (κ3) is 52.0. The van der Waals surface area contributed by atoms with Gasteiger partial charge < -0.3 is 20.9 Å². The lowest BCUT2D eigenvalue weighted by molar-refractivity contribution is -0.302. The van der Waals surface area contributed by atoms with Crippen molar-refractivity contribution >= 4 is 5.97 Å². The van der Waals surface area contributed by atoms with Crippen molar-refractivity contribution in [2.45, 2.75) is 6.92 Å². The van der Waals surface area contributed by atoms with Gasteiger partial charge in [0.15, 0.2) is 0 Å². The molecule has 6 heavy (non-hydrogen) atoms. The number of rotatable bonds is 0. The van der Waals surface area contributed by atoms with Crippen molar-refractivity contribution in [1.29, 1.82) is 0 Å². The van der Waals surface area contributed by atoms with E-state index in [2.05, 4.69) is 0 Å². The molecule has 0 amide bonds. The van der Waals surface area contributed by atoms with Crippen LogP contribution in [-0.4, -0.2) is 16.9 Å². The van der Waals surface area contributed by atoms with Gasteiger partial charge in [-0.25, -0.2) is 0 Å². The highest BCUT2D eigenvalue weighted by atomic mass is 16.4. The second-order valence-corrected chi connectivity index (χ2v) is 0.492. The molecule has 0 radical (unpaired) electrons. The van der Waals surface area contributed by atoms with Crippen molar-refractivity contribution in [3.8, 4) is 0 Å². The van der Waals surface area contributed by atoms with Crippen LogP contribution in [0, 0.1) is 0 Å². The van der Waals surface area contributed by atoms with E-state index in [0.29, 0.717) is 0 Å². The maximum atomic E-state index is 8.89. The molecule has 0 fully saturated rings. The minimum Gasteiger partial charge on any atom is -0.550 e. The van der Waals surface area contributed by atoms with Gasteiger partial charge in [-0.05, 0) is 6.92 Å². The van der Waals surface area contributed by atoms with Crippen LogP contribution in [0.1, 0.15) is 6.92 Å². The minimum absolute atomic E-state index is 0. The summed E-state index contributed by atoms with van der Waals surface area (Å²) in [5, 5.41) is 8.89. The average Bonchev–Trinajstić information content (AvgIpc) is 0.811. The van der Waals surface area contributed by atoms with Gasteiger partial charge in [0.2, 0.25) is 0 Å². The predicted octanol–water partition coefficient (Wildman–Crippen LogP) is -2.89. The molecular weight excluding hydrogens is 88.0 g/mol. The number of aliphatic carboxylic acids is 1. The fourth-order valence-corrected chi connectivity index (χ4v) is 0. The van der Waals surface area contributed by atoms with Gasteiger partial charge >= 0.3 is 0 Å². The Kier molecular flexibility index (Phi) is 26.8. The summed E-state index contributed by atoms with van der Waals surface area (Å²) in [7, 11) is 0. The van der Waals surface area contributed by atoms with Crippen molar-refractivity contribution in [2.24, 2.45) is 0 Å². The van der Waals surface area contributed by atoms with Crippen molar-refractivity contribution in [1.82, 2.24) is 0 Å². The second kappa shape index (κ2) is 8.83. The van der Waals surface area contributed by atoms with Gasteiger partial charge in [0.1, 0.15) is 0 Å². The molecule has 0 atom stereocenters. The van der Waals surface area contributed by atoms with Crippen LogP contribution >= 0.6 is 0 Å². The first-order chi connectivity index (χ1) is 1.73. The maximum Gasteiger partial charge on any atom is 0.0383 e. The largest absolute Gasteiger partial charge is 0.550 e. The first-order valence-corrected chi connectivity index (χ1v) is 0.908. The van der Waals surface area contributed by atoms with Crippen molar-refractivity contribution in [3.05, 3.63) is 0 Å². The molecular formula is C2H7O4-.